The number of amides is 2. The fourth-order valence-electron chi connectivity index (χ4n) is 2.39. The van der Waals surface area contributed by atoms with Gasteiger partial charge in [0.05, 0.1) is 0 Å². The van der Waals surface area contributed by atoms with Crippen LogP contribution in [0.4, 0.5) is 4.39 Å². The molecule has 1 saturated heterocycles. The SMILES string of the molecule is Cc1cc(F)ccc1C(=O)NCCCN1CCCC1=O. The number of benzene rings is 1. The van der Waals surface area contributed by atoms with Gasteiger partial charge < -0.3 is 10.2 Å². The van der Waals surface area contributed by atoms with Gasteiger partial charge in [-0.2, -0.15) is 0 Å². The lowest BCUT2D eigenvalue weighted by atomic mass is 10.1. The first kappa shape index (κ1) is 14.5. The number of aryl methyl sites for hydroxylation is 1. The minimum Gasteiger partial charge on any atom is -0.352 e. The van der Waals surface area contributed by atoms with E-state index in [9.17, 15) is 14.0 Å². The van der Waals surface area contributed by atoms with Crippen LogP contribution in [0.3, 0.4) is 0 Å². The molecule has 1 aromatic carbocycles. The highest BCUT2D eigenvalue weighted by Gasteiger charge is 2.19. The number of nitrogens with one attached hydrogen (secondary N) is 1. The lowest BCUT2D eigenvalue weighted by molar-refractivity contribution is -0.127. The molecule has 0 radical (unpaired) electrons. The number of hydrogen-bond donors (Lipinski definition) is 1. The van der Waals surface area contributed by atoms with Crippen LogP contribution < -0.4 is 5.32 Å². The van der Waals surface area contributed by atoms with Gasteiger partial charge in [0.25, 0.3) is 5.91 Å². The standard InChI is InChI=1S/C15H19FN2O2/c1-11-10-12(16)5-6-13(11)15(20)17-7-3-9-18-8-2-4-14(18)19/h5-6,10H,2-4,7-9H2,1H3,(H,17,20). The zero-order valence-electron chi connectivity index (χ0n) is 11.6. The maximum Gasteiger partial charge on any atom is 0.251 e. The Balaban J connectivity index is 1.76. The summed E-state index contributed by atoms with van der Waals surface area (Å²) in [4.78, 5) is 25.2. The Morgan fingerprint density at radius 3 is 2.90 bits per heavy atom. The van der Waals surface area contributed by atoms with Crippen molar-refractivity contribution in [3.8, 4) is 0 Å². The average Bonchev–Trinajstić information content (AvgIpc) is 2.80. The van der Waals surface area contributed by atoms with E-state index in [0.29, 0.717) is 30.6 Å². The zero-order chi connectivity index (χ0) is 14.5. The second-order valence-electron chi connectivity index (χ2n) is 5.05. The highest BCUT2D eigenvalue weighted by Crippen LogP contribution is 2.11. The normalized spacial score (nSPS) is 14.7. The summed E-state index contributed by atoms with van der Waals surface area (Å²) in [6.45, 7) is 3.73. The van der Waals surface area contributed by atoms with Crippen molar-refractivity contribution in [1.29, 1.82) is 0 Å². The van der Waals surface area contributed by atoms with Crippen LogP contribution in [0.1, 0.15) is 35.2 Å². The Hall–Kier alpha value is -1.91. The minimum absolute atomic E-state index is 0.199. The second kappa shape index (κ2) is 6.50. The molecule has 108 valence electrons. The highest BCUT2D eigenvalue weighted by molar-refractivity contribution is 5.95. The molecule has 20 heavy (non-hydrogen) atoms. The van der Waals surface area contributed by atoms with Crippen LogP contribution in [-0.2, 0) is 4.79 Å². The molecule has 5 heteroatoms. The predicted molar refractivity (Wildman–Crippen MR) is 73.9 cm³/mol. The van der Waals surface area contributed by atoms with Crippen LogP contribution in [0.15, 0.2) is 18.2 Å². The molecule has 2 amide bonds. The minimum atomic E-state index is -0.341. The van der Waals surface area contributed by atoms with Gasteiger partial charge in [-0.1, -0.05) is 0 Å². The molecule has 0 bridgehead atoms. The summed E-state index contributed by atoms with van der Waals surface area (Å²) in [5.41, 5.74) is 1.11. The van der Waals surface area contributed by atoms with Crippen molar-refractivity contribution in [1.82, 2.24) is 10.2 Å². The van der Waals surface area contributed by atoms with Gasteiger partial charge >= 0.3 is 0 Å². The number of carbonyl (C=O) groups excluding carboxylic acids is 2. The molecule has 1 heterocycles. The average molecular weight is 278 g/mol. The van der Waals surface area contributed by atoms with Crippen LogP contribution in [0.2, 0.25) is 0 Å². The largest absolute Gasteiger partial charge is 0.352 e. The Kier molecular flexibility index (Phi) is 4.71. The van der Waals surface area contributed by atoms with Crippen molar-refractivity contribution in [2.45, 2.75) is 26.2 Å². The molecule has 1 aliphatic heterocycles. The maximum absolute atomic E-state index is 13.0. The van der Waals surface area contributed by atoms with E-state index in [2.05, 4.69) is 5.32 Å². The van der Waals surface area contributed by atoms with E-state index in [1.165, 1.54) is 18.2 Å². The molecule has 1 fully saturated rings. The molecular formula is C15H19FN2O2. The number of rotatable bonds is 5. The molecule has 1 aromatic rings. The van der Waals surface area contributed by atoms with Gasteiger partial charge in [-0.15, -0.1) is 0 Å². The van der Waals surface area contributed by atoms with Crippen molar-refractivity contribution >= 4 is 11.8 Å². The van der Waals surface area contributed by atoms with Gasteiger partial charge in [0.15, 0.2) is 0 Å². The van der Waals surface area contributed by atoms with E-state index in [1.807, 2.05) is 4.90 Å². The molecule has 0 atom stereocenters. The van der Waals surface area contributed by atoms with Gasteiger partial charge in [0, 0.05) is 31.6 Å². The van der Waals surface area contributed by atoms with E-state index in [1.54, 1.807) is 6.92 Å². The Labute approximate surface area is 118 Å². The number of likely N-dealkylation sites (tertiary alicyclic amines) is 1. The topological polar surface area (TPSA) is 49.4 Å². The van der Waals surface area contributed by atoms with Crippen LogP contribution in [0.25, 0.3) is 0 Å². The molecule has 2 rings (SSSR count). The third-order valence-electron chi connectivity index (χ3n) is 3.49. The summed E-state index contributed by atoms with van der Waals surface area (Å²) in [5, 5.41) is 2.80. The molecule has 0 aromatic heterocycles. The first-order chi connectivity index (χ1) is 9.58. The number of hydrogen-bond acceptors (Lipinski definition) is 2. The van der Waals surface area contributed by atoms with Gasteiger partial charge in [0.1, 0.15) is 5.82 Å². The predicted octanol–water partition coefficient (Wildman–Crippen LogP) is 1.88. The summed E-state index contributed by atoms with van der Waals surface area (Å²) in [6, 6.07) is 4.12. The van der Waals surface area contributed by atoms with Crippen LogP contribution in [0.5, 0.6) is 0 Å². The number of carbonyl (C=O) groups is 2. The zero-order valence-corrected chi connectivity index (χ0v) is 11.6. The van der Waals surface area contributed by atoms with Gasteiger partial charge in [-0.3, -0.25) is 9.59 Å². The van der Waals surface area contributed by atoms with Gasteiger partial charge in [-0.25, -0.2) is 4.39 Å². The first-order valence-corrected chi connectivity index (χ1v) is 6.90. The summed E-state index contributed by atoms with van der Waals surface area (Å²) in [5.74, 6) is -0.340. The quantitative estimate of drug-likeness (QED) is 0.836. The fraction of sp³-hybridized carbons (Fsp3) is 0.467. The molecule has 0 saturated carbocycles. The van der Waals surface area contributed by atoms with E-state index >= 15 is 0 Å². The number of halogens is 1. The third kappa shape index (κ3) is 3.56. The lowest BCUT2D eigenvalue weighted by Gasteiger charge is -2.15. The van der Waals surface area contributed by atoms with Crippen molar-refractivity contribution in [2.75, 3.05) is 19.6 Å². The van der Waals surface area contributed by atoms with E-state index in [-0.39, 0.29) is 17.6 Å². The molecule has 0 spiro atoms. The molecule has 1 aliphatic rings. The van der Waals surface area contributed by atoms with E-state index in [0.717, 1.165) is 19.4 Å². The summed E-state index contributed by atoms with van der Waals surface area (Å²) in [6.07, 6.45) is 2.30. The molecule has 0 unspecified atom stereocenters. The Bertz CT molecular complexity index is 517. The molecule has 0 aliphatic carbocycles. The van der Waals surface area contributed by atoms with E-state index in [4.69, 9.17) is 0 Å². The monoisotopic (exact) mass is 278 g/mol. The smallest absolute Gasteiger partial charge is 0.251 e. The summed E-state index contributed by atoms with van der Waals surface area (Å²) >= 11 is 0. The van der Waals surface area contributed by atoms with Crippen molar-refractivity contribution in [3.05, 3.63) is 35.1 Å². The Morgan fingerprint density at radius 2 is 2.25 bits per heavy atom. The highest BCUT2D eigenvalue weighted by atomic mass is 19.1. The van der Waals surface area contributed by atoms with Crippen LogP contribution in [0, 0.1) is 12.7 Å². The summed E-state index contributed by atoms with van der Waals surface area (Å²) in [7, 11) is 0. The maximum atomic E-state index is 13.0. The Morgan fingerprint density at radius 1 is 1.45 bits per heavy atom. The molecule has 1 N–H and O–H groups in total. The third-order valence-corrected chi connectivity index (χ3v) is 3.49. The van der Waals surface area contributed by atoms with Crippen molar-refractivity contribution < 1.29 is 14.0 Å². The molecule has 4 nitrogen and oxygen atoms in total. The van der Waals surface area contributed by atoms with E-state index < -0.39 is 0 Å². The van der Waals surface area contributed by atoms with Gasteiger partial charge in [0.2, 0.25) is 5.91 Å². The van der Waals surface area contributed by atoms with Crippen molar-refractivity contribution in [3.63, 3.8) is 0 Å². The van der Waals surface area contributed by atoms with Gasteiger partial charge in [-0.05, 0) is 43.5 Å². The molecular weight excluding hydrogens is 259 g/mol. The summed E-state index contributed by atoms with van der Waals surface area (Å²) < 4.78 is 13.0. The fourth-order valence-corrected chi connectivity index (χ4v) is 2.39. The van der Waals surface area contributed by atoms with Crippen LogP contribution in [-0.4, -0.2) is 36.3 Å². The second-order valence-corrected chi connectivity index (χ2v) is 5.05. The number of nitrogens with zero attached hydrogens (tertiary/aromatic N) is 1. The van der Waals surface area contributed by atoms with Crippen LogP contribution >= 0.6 is 0 Å². The van der Waals surface area contributed by atoms with Crippen molar-refractivity contribution in [2.24, 2.45) is 0 Å². The lowest BCUT2D eigenvalue weighted by Crippen LogP contribution is -2.30. The first-order valence-electron chi connectivity index (χ1n) is 6.90.